The van der Waals surface area contributed by atoms with Gasteiger partial charge in [-0.2, -0.15) is 0 Å². The Kier molecular flexibility index (Phi) is 35.7. The van der Waals surface area contributed by atoms with E-state index in [2.05, 4.69) is 548 Å². The van der Waals surface area contributed by atoms with Crippen LogP contribution in [0.1, 0.15) is 44.5 Å². The highest BCUT2D eigenvalue weighted by molar-refractivity contribution is 6.89. The molecule has 0 saturated heterocycles. The van der Waals surface area contributed by atoms with Crippen LogP contribution in [-0.2, 0) is 0 Å². The highest BCUT2D eigenvalue weighted by atomic mass is 28.3. The van der Waals surface area contributed by atoms with E-state index in [-0.39, 0.29) is 0 Å². The summed E-state index contributed by atoms with van der Waals surface area (Å²) in [5.74, 6) is 0. The average molecular weight is 1680 g/mol. The van der Waals surface area contributed by atoms with Gasteiger partial charge in [-0.3, -0.25) is 0 Å². The average Bonchev–Trinajstić information content (AvgIpc) is 0.821. The Hall–Kier alpha value is -13.2. The first kappa shape index (κ1) is 94.0. The molecule has 17 aromatic carbocycles. The number of hydrogen-bond acceptors (Lipinski definition) is 3. The first-order valence-electron chi connectivity index (χ1n) is 43.7. The van der Waals surface area contributed by atoms with Crippen molar-refractivity contribution in [1.29, 1.82) is 0 Å². The number of benzene rings is 17. The predicted molar refractivity (Wildman–Crippen MR) is 559 cm³/mol. The molecule has 0 spiro atoms. The maximum absolute atomic E-state index is 2.38. The van der Waals surface area contributed by atoms with Gasteiger partial charge >= 0.3 is 0 Å². The molecular weight excluding hydrogens is 1560 g/mol. The Morgan fingerprint density at radius 2 is 0.432 bits per heavy atom. The van der Waals surface area contributed by atoms with Gasteiger partial charge in [0.25, 0.3) is 0 Å². The Bertz CT molecular complexity index is 5760. The third-order valence-corrected chi connectivity index (χ3v) is 27.5. The summed E-state index contributed by atoms with van der Waals surface area (Å²) in [4.78, 5) is 6.82. The molecule has 0 atom stereocenters. The molecule has 0 fully saturated rings. The minimum absolute atomic E-state index is 1.06. The zero-order chi connectivity index (χ0) is 89.0. The second kappa shape index (κ2) is 47.4. The van der Waals surface area contributed by atoms with Crippen LogP contribution < -0.4 is 30.3 Å². The fraction of sp³-hybridized carbons (Fsp3) is 0.143. The maximum Gasteiger partial charge on any atom is 0.0779 e. The first-order valence-corrected chi connectivity index (χ1v) is 54.2. The van der Waals surface area contributed by atoms with Gasteiger partial charge in [0.15, 0.2) is 0 Å². The van der Waals surface area contributed by atoms with Crippen molar-refractivity contribution in [3.8, 4) is 33.4 Å². The molecule has 17 aromatic rings. The minimum Gasteiger partial charge on any atom is -0.311 e. The molecule has 0 unspecified atom stereocenters. The number of aryl methyl sites for hydroxylation is 8. The number of anilines is 9. The molecule has 125 heavy (non-hydrogen) atoms. The van der Waals surface area contributed by atoms with E-state index in [0.717, 1.165) is 0 Å². The van der Waals surface area contributed by atoms with Gasteiger partial charge in [0.2, 0.25) is 0 Å². The molecule has 0 N–H and O–H groups in total. The van der Waals surface area contributed by atoms with Crippen LogP contribution in [0.15, 0.2) is 461 Å². The van der Waals surface area contributed by atoms with Crippen molar-refractivity contribution in [2.45, 2.75) is 114 Å². The van der Waals surface area contributed by atoms with Crippen LogP contribution in [-0.4, -0.2) is 24.2 Å². The zero-order valence-electron chi connectivity index (χ0n) is 76.7. The van der Waals surface area contributed by atoms with Crippen LogP contribution in [0.5, 0.6) is 0 Å². The number of nitrogens with zero attached hydrogens (tertiary/aromatic N) is 3. The molecule has 6 heteroatoms. The molecule has 3 nitrogen and oxygen atoms in total. The molecule has 0 bridgehead atoms. The Labute approximate surface area is 753 Å². The van der Waals surface area contributed by atoms with E-state index in [1.807, 2.05) is 42.5 Å². The van der Waals surface area contributed by atoms with Crippen molar-refractivity contribution in [1.82, 2.24) is 0 Å². The molecule has 0 aliphatic rings. The van der Waals surface area contributed by atoms with Gasteiger partial charge in [-0.1, -0.05) is 454 Å². The van der Waals surface area contributed by atoms with Crippen LogP contribution in [0, 0.1) is 55.4 Å². The molecule has 0 radical (unpaired) electrons. The van der Waals surface area contributed by atoms with Crippen LogP contribution in [0.3, 0.4) is 0 Å². The van der Waals surface area contributed by atoms with Gasteiger partial charge in [-0.15, -0.1) is 0 Å². The summed E-state index contributed by atoms with van der Waals surface area (Å²) in [6.45, 7) is 38.5. The summed E-state index contributed by atoms with van der Waals surface area (Å²) in [6, 6.07) is 162. The topological polar surface area (TPSA) is 9.72 Å². The van der Waals surface area contributed by atoms with Crippen molar-refractivity contribution in [3.63, 3.8) is 0 Å². The van der Waals surface area contributed by atoms with Crippen molar-refractivity contribution in [3.05, 3.63) is 506 Å². The van der Waals surface area contributed by atoms with E-state index in [1.54, 1.807) is 15.6 Å². The van der Waals surface area contributed by atoms with E-state index in [4.69, 9.17) is 0 Å². The van der Waals surface area contributed by atoms with E-state index in [1.165, 1.54) is 129 Å². The van der Waals surface area contributed by atoms with Crippen LogP contribution in [0.2, 0.25) is 58.9 Å². The molecule has 17 rings (SSSR count). The third-order valence-electron chi connectivity index (χ3n) is 21.2. The summed E-state index contributed by atoms with van der Waals surface area (Å²) in [7, 11) is -3.20. The van der Waals surface area contributed by atoms with Crippen LogP contribution in [0.25, 0.3) is 33.4 Å². The Morgan fingerprint density at radius 3 is 0.768 bits per heavy atom. The third kappa shape index (κ3) is 30.1. The first-order chi connectivity index (χ1) is 60.2. The quantitative estimate of drug-likeness (QED) is 0.0947. The van der Waals surface area contributed by atoms with Crippen molar-refractivity contribution in [2.75, 3.05) is 14.7 Å². The molecule has 0 amide bonds. The Balaban J connectivity index is 0.000000151. The summed E-state index contributed by atoms with van der Waals surface area (Å²) >= 11 is 0. The molecule has 0 aliphatic heterocycles. The fourth-order valence-electron chi connectivity index (χ4n) is 14.4. The van der Waals surface area contributed by atoms with Crippen molar-refractivity contribution in [2.24, 2.45) is 0 Å². The monoisotopic (exact) mass is 1680 g/mol. The van der Waals surface area contributed by atoms with E-state index < -0.39 is 24.2 Å². The molecule has 0 saturated carbocycles. The summed E-state index contributed by atoms with van der Waals surface area (Å²) in [5, 5.41) is 4.68. The minimum atomic E-state index is -1.08. The highest BCUT2D eigenvalue weighted by Gasteiger charge is 2.20. The van der Waals surface area contributed by atoms with E-state index in [9.17, 15) is 0 Å². The molecule has 0 heterocycles. The molecule has 0 aromatic heterocycles. The standard InChI is InChI=1S/3C19H17N.C19H16.C13H12.3C10H16Si/c1-16-10-8-9-15-19(16)20(17-11-4-2-5-12-17)18-13-6-3-7-14-18;1-16-9-8-14-19(15-16)20(17-10-4-2-5-11-17)18-12-6-3-7-13-18;1-16-12-14-19(15-13-16)20(17-8-4-2-5-9-17)18-10-6-3-7-11-18;1-15-12-18(16-8-4-2-5-9-16)14-19(13-15)17-10-6-3-7-11-17;1-11-7-9-13(10-8-11)12-5-3-2-4-6-12;1-9-5-7-10(8-6-9)11(2,3)4;1-9-6-5-7-10(8-9)11(2,3)4;1-9-7-5-6-8-10(9)11(2,3)4/h3*2-15H,1H3;2-14H,1H3;2-10H,1H3;3*5-8H,1-4H3. The lowest BCUT2D eigenvalue weighted by molar-refractivity contribution is 1.25. The number of rotatable bonds is 15. The predicted octanol–water partition coefficient (Wildman–Crippen LogP) is 33.0. The summed E-state index contributed by atoms with van der Waals surface area (Å²) in [5.41, 5.74) is 28.8. The van der Waals surface area contributed by atoms with Crippen LogP contribution >= 0.6 is 0 Å². The van der Waals surface area contributed by atoms with Gasteiger partial charge in [-0.05, 0) is 215 Å². The summed E-state index contributed by atoms with van der Waals surface area (Å²) < 4.78 is 0. The fourth-order valence-corrected chi connectivity index (χ4v) is 18.7. The lowest BCUT2D eigenvalue weighted by Crippen LogP contribution is -2.39. The number of hydrogen-bond donors (Lipinski definition) is 0. The van der Waals surface area contributed by atoms with E-state index in [0.29, 0.717) is 0 Å². The van der Waals surface area contributed by atoms with Gasteiger partial charge < -0.3 is 14.7 Å². The summed E-state index contributed by atoms with van der Waals surface area (Å²) in [6.07, 6.45) is 0. The van der Waals surface area contributed by atoms with Gasteiger partial charge in [-0.25, -0.2) is 0 Å². The van der Waals surface area contributed by atoms with Crippen molar-refractivity contribution >= 4 is 91.0 Å². The number of para-hydroxylation sites is 7. The van der Waals surface area contributed by atoms with Crippen molar-refractivity contribution < 1.29 is 0 Å². The molecule has 0 aliphatic carbocycles. The highest BCUT2D eigenvalue weighted by Crippen LogP contribution is 2.39. The van der Waals surface area contributed by atoms with E-state index >= 15 is 0 Å². The molecule has 630 valence electrons. The Morgan fingerprint density at radius 1 is 0.152 bits per heavy atom. The smallest absolute Gasteiger partial charge is 0.0779 e. The second-order valence-electron chi connectivity index (χ2n) is 34.8. The second-order valence-corrected chi connectivity index (χ2v) is 50.0. The van der Waals surface area contributed by atoms with Gasteiger partial charge in [0.1, 0.15) is 0 Å². The lowest BCUT2D eigenvalue weighted by atomic mass is 9.97. The lowest BCUT2D eigenvalue weighted by Gasteiger charge is -2.26. The largest absolute Gasteiger partial charge is 0.311 e. The normalized spacial score (nSPS) is 10.6. The maximum atomic E-state index is 2.38. The zero-order valence-corrected chi connectivity index (χ0v) is 79.7. The SMILES string of the molecule is Cc1cc(-c2ccccc2)cc(-c2ccccc2)c1.Cc1ccc(-c2ccccc2)cc1.Cc1ccc(N(c2ccccc2)c2ccccc2)cc1.Cc1ccc([Si](C)(C)C)cc1.Cc1cccc(N(c2ccccc2)c2ccccc2)c1.Cc1cccc([Si](C)(C)C)c1.Cc1ccccc1N(c1ccccc1)c1ccccc1.Cc1ccccc1[Si](C)(C)C. The van der Waals surface area contributed by atoms with Gasteiger partial charge in [0, 0.05) is 51.2 Å². The molecular formula is C119H127N3Si3. The van der Waals surface area contributed by atoms with Gasteiger partial charge in [0.05, 0.1) is 24.2 Å². The van der Waals surface area contributed by atoms with Crippen LogP contribution in [0.4, 0.5) is 51.2 Å².